The molecule has 10 heteroatoms. The number of fused-ring (bicyclic) bond motifs is 1. The first kappa shape index (κ1) is 21.3. The topological polar surface area (TPSA) is 68.8 Å². The van der Waals surface area contributed by atoms with Crippen LogP contribution < -0.4 is 0 Å². The Labute approximate surface area is 180 Å². The van der Waals surface area contributed by atoms with E-state index in [4.69, 9.17) is 11.6 Å². The molecule has 2 aromatic carbocycles. The fourth-order valence-electron chi connectivity index (χ4n) is 3.90. The highest BCUT2D eigenvalue weighted by Crippen LogP contribution is 2.39. The van der Waals surface area contributed by atoms with Gasteiger partial charge in [0, 0.05) is 22.7 Å². The number of hydrogen-bond acceptors (Lipinski definition) is 4. The lowest BCUT2D eigenvalue weighted by atomic mass is 9.86. The van der Waals surface area contributed by atoms with Crippen LogP contribution in [0.15, 0.2) is 43.0 Å². The predicted molar refractivity (Wildman–Crippen MR) is 109 cm³/mol. The van der Waals surface area contributed by atoms with E-state index in [1.807, 2.05) is 6.92 Å². The quantitative estimate of drug-likeness (QED) is 0.473. The molecule has 0 fully saturated rings. The maximum absolute atomic E-state index is 14.8. The maximum Gasteiger partial charge on any atom is 0.137 e. The highest BCUT2D eigenvalue weighted by atomic mass is 35.5. The lowest BCUT2D eigenvalue weighted by Gasteiger charge is -2.35. The Bertz CT molecular complexity index is 1240. The summed E-state index contributed by atoms with van der Waals surface area (Å²) < 4.78 is 45.2. The molecule has 4 rings (SSSR count). The third kappa shape index (κ3) is 3.68. The number of halogens is 4. The smallest absolute Gasteiger partial charge is 0.137 e. The Balaban J connectivity index is 1.92. The lowest BCUT2D eigenvalue weighted by Crippen LogP contribution is -2.41. The molecule has 1 N–H and O–H groups in total. The van der Waals surface area contributed by atoms with Gasteiger partial charge in [-0.1, -0.05) is 24.6 Å². The zero-order valence-corrected chi connectivity index (χ0v) is 17.5. The summed E-state index contributed by atoms with van der Waals surface area (Å²) in [5.41, 5.74) is -1.05. The van der Waals surface area contributed by atoms with E-state index in [2.05, 4.69) is 15.2 Å². The van der Waals surface area contributed by atoms with Crippen molar-refractivity contribution in [2.45, 2.75) is 38.5 Å². The molecule has 0 bridgehead atoms. The Hall–Kier alpha value is -2.91. The first-order valence-electron chi connectivity index (χ1n) is 9.61. The van der Waals surface area contributed by atoms with Gasteiger partial charge in [0.1, 0.15) is 41.2 Å². The third-order valence-corrected chi connectivity index (χ3v) is 5.77. The van der Waals surface area contributed by atoms with Crippen molar-refractivity contribution in [1.82, 2.24) is 24.5 Å². The van der Waals surface area contributed by atoms with Crippen LogP contribution in [0.25, 0.3) is 10.9 Å². The molecule has 0 saturated heterocycles. The van der Waals surface area contributed by atoms with Gasteiger partial charge in [0.25, 0.3) is 0 Å². The summed E-state index contributed by atoms with van der Waals surface area (Å²) in [6, 6.07) is 4.60. The van der Waals surface area contributed by atoms with Crippen molar-refractivity contribution < 1.29 is 18.3 Å². The molecule has 2 heterocycles. The van der Waals surface area contributed by atoms with E-state index < -0.39 is 29.1 Å². The molecule has 0 unspecified atom stereocenters. The zero-order valence-electron chi connectivity index (χ0n) is 16.7. The fraction of sp³-hybridized carbons (Fsp3) is 0.286. The van der Waals surface area contributed by atoms with Gasteiger partial charge in [-0.25, -0.2) is 22.8 Å². The number of aryl methyl sites for hydroxylation is 1. The van der Waals surface area contributed by atoms with Crippen LogP contribution in [0.3, 0.4) is 0 Å². The van der Waals surface area contributed by atoms with Crippen LogP contribution >= 0.6 is 11.6 Å². The van der Waals surface area contributed by atoms with Crippen molar-refractivity contribution in [3.63, 3.8) is 0 Å². The van der Waals surface area contributed by atoms with E-state index in [0.717, 1.165) is 12.1 Å². The van der Waals surface area contributed by atoms with Crippen LogP contribution in [0.5, 0.6) is 0 Å². The summed E-state index contributed by atoms with van der Waals surface area (Å²) in [5, 5.41) is 20.9. The predicted octanol–water partition coefficient (Wildman–Crippen LogP) is 4.41. The van der Waals surface area contributed by atoms with Gasteiger partial charge in [0.15, 0.2) is 0 Å². The van der Waals surface area contributed by atoms with Gasteiger partial charge >= 0.3 is 0 Å². The van der Waals surface area contributed by atoms with E-state index in [1.54, 1.807) is 6.92 Å². The number of nitrogens with zero attached hydrogens (tertiary/aromatic N) is 5. The van der Waals surface area contributed by atoms with Gasteiger partial charge in [-0.2, -0.15) is 10.2 Å². The van der Waals surface area contributed by atoms with Crippen molar-refractivity contribution in [3.05, 3.63) is 76.7 Å². The summed E-state index contributed by atoms with van der Waals surface area (Å²) in [4.78, 5) is 3.86. The highest BCUT2D eigenvalue weighted by Gasteiger charge is 2.41. The molecule has 0 aliphatic carbocycles. The second-order valence-corrected chi connectivity index (χ2v) is 7.75. The summed E-state index contributed by atoms with van der Waals surface area (Å²) >= 11 is 6.20. The largest absolute Gasteiger partial charge is 0.381 e. The lowest BCUT2D eigenvalue weighted by molar-refractivity contribution is -0.0374. The van der Waals surface area contributed by atoms with Crippen LogP contribution in [-0.4, -0.2) is 29.7 Å². The molecule has 2 aromatic heterocycles. The minimum absolute atomic E-state index is 0.128. The molecule has 6 nitrogen and oxygen atoms in total. The van der Waals surface area contributed by atoms with Gasteiger partial charge < -0.3 is 5.11 Å². The van der Waals surface area contributed by atoms with Crippen molar-refractivity contribution in [2.75, 3.05) is 0 Å². The second kappa shape index (κ2) is 7.97. The molecular formula is C21H19ClF3N5O. The highest BCUT2D eigenvalue weighted by molar-refractivity contribution is 6.35. The number of aliphatic hydroxyl groups is 1. The molecule has 0 aliphatic heterocycles. The van der Waals surface area contributed by atoms with E-state index >= 15 is 0 Å². The Kier molecular flexibility index (Phi) is 5.49. The number of benzene rings is 2. The third-order valence-electron chi connectivity index (χ3n) is 5.48. The van der Waals surface area contributed by atoms with E-state index in [-0.39, 0.29) is 17.1 Å². The number of aromatic nitrogens is 5. The average Bonchev–Trinajstić information content (AvgIpc) is 3.34. The summed E-state index contributed by atoms with van der Waals surface area (Å²) in [7, 11) is 0. The Morgan fingerprint density at radius 3 is 2.58 bits per heavy atom. The van der Waals surface area contributed by atoms with Crippen molar-refractivity contribution >= 4 is 22.5 Å². The standard InChI is InChI=1S/C21H19ClF3N5O/c1-3-19-15-6-14(24)7-17(22)20(15)28-30(19)12(2)21(31,9-29-11-26-10-27-29)16-5-4-13(23)8-18(16)25/h4-8,10-12,31H,3,9H2,1-2H3/t12-,21-/m1/s1. The van der Waals surface area contributed by atoms with Gasteiger partial charge in [0.2, 0.25) is 0 Å². The van der Waals surface area contributed by atoms with Crippen LogP contribution in [0, 0.1) is 17.5 Å². The first-order chi connectivity index (χ1) is 14.7. The van der Waals surface area contributed by atoms with Crippen LogP contribution in [0.2, 0.25) is 5.02 Å². The van der Waals surface area contributed by atoms with Crippen LogP contribution in [-0.2, 0) is 18.6 Å². The summed E-state index contributed by atoms with van der Waals surface area (Å²) in [5.74, 6) is -2.19. The van der Waals surface area contributed by atoms with Gasteiger partial charge in [0.05, 0.1) is 17.6 Å². The molecule has 0 amide bonds. The molecule has 162 valence electrons. The molecule has 0 saturated carbocycles. The SMILES string of the molecule is CCc1c2cc(F)cc(Cl)c2nn1[C@H](C)[C@](O)(Cn1cncn1)c1ccc(F)cc1F. The Morgan fingerprint density at radius 2 is 1.94 bits per heavy atom. The van der Waals surface area contributed by atoms with Crippen LogP contribution in [0.1, 0.15) is 31.1 Å². The fourth-order valence-corrected chi connectivity index (χ4v) is 4.14. The van der Waals surface area contributed by atoms with Gasteiger partial charge in [-0.15, -0.1) is 0 Å². The minimum atomic E-state index is -1.90. The normalized spacial score (nSPS) is 14.7. The van der Waals surface area contributed by atoms with E-state index in [1.165, 1.54) is 34.2 Å². The zero-order chi connectivity index (χ0) is 22.3. The van der Waals surface area contributed by atoms with Crippen LogP contribution in [0.4, 0.5) is 13.2 Å². The first-order valence-corrected chi connectivity index (χ1v) is 9.98. The molecule has 0 radical (unpaired) electrons. The summed E-state index contributed by atoms with van der Waals surface area (Å²) in [6.45, 7) is 3.32. The molecule has 31 heavy (non-hydrogen) atoms. The molecule has 0 aliphatic rings. The monoisotopic (exact) mass is 449 g/mol. The second-order valence-electron chi connectivity index (χ2n) is 7.35. The van der Waals surface area contributed by atoms with Crippen molar-refractivity contribution in [1.29, 1.82) is 0 Å². The number of hydrogen-bond donors (Lipinski definition) is 1. The average molecular weight is 450 g/mol. The minimum Gasteiger partial charge on any atom is -0.381 e. The maximum atomic E-state index is 14.8. The molecule has 0 spiro atoms. The van der Waals surface area contributed by atoms with Gasteiger partial charge in [-0.05, 0) is 31.5 Å². The van der Waals surface area contributed by atoms with Gasteiger partial charge in [-0.3, -0.25) is 4.68 Å². The van der Waals surface area contributed by atoms with E-state index in [0.29, 0.717) is 29.1 Å². The molecular weight excluding hydrogens is 431 g/mol. The Morgan fingerprint density at radius 1 is 1.16 bits per heavy atom. The van der Waals surface area contributed by atoms with E-state index in [9.17, 15) is 18.3 Å². The van der Waals surface area contributed by atoms with Crippen molar-refractivity contribution in [2.24, 2.45) is 0 Å². The number of rotatable bonds is 6. The van der Waals surface area contributed by atoms with Crippen molar-refractivity contribution in [3.8, 4) is 0 Å². The molecule has 4 aromatic rings. The molecule has 2 atom stereocenters. The summed E-state index contributed by atoms with van der Waals surface area (Å²) in [6.07, 6.45) is 3.12.